The molecule has 27 heavy (non-hydrogen) atoms. The van der Waals surface area contributed by atoms with E-state index in [2.05, 4.69) is 9.88 Å². The number of amides is 1. The molecule has 146 valence electrons. The van der Waals surface area contributed by atoms with Crippen LogP contribution in [0.2, 0.25) is 5.02 Å². The van der Waals surface area contributed by atoms with Crippen LogP contribution < -0.4 is 4.90 Å². The van der Waals surface area contributed by atoms with E-state index in [1.807, 2.05) is 26.8 Å². The maximum atomic E-state index is 12.3. The first-order valence-electron chi connectivity index (χ1n) is 9.14. The fraction of sp³-hybridized carbons (Fsp3) is 0.632. The SMILES string of the molecule is CC(C)(C)OC(=O)N1CCC2(CC1)CN(c1cnc(C#N)cc1Cl)CCO2. The molecule has 2 aliphatic rings. The van der Waals surface area contributed by atoms with Gasteiger partial charge in [0.15, 0.2) is 0 Å². The van der Waals surface area contributed by atoms with Crippen LogP contribution in [0, 0.1) is 11.3 Å². The van der Waals surface area contributed by atoms with Crippen molar-refractivity contribution in [1.29, 1.82) is 5.26 Å². The molecule has 0 radical (unpaired) electrons. The van der Waals surface area contributed by atoms with Crippen molar-refractivity contribution in [2.75, 3.05) is 37.7 Å². The number of anilines is 1. The largest absolute Gasteiger partial charge is 0.444 e. The monoisotopic (exact) mass is 392 g/mol. The molecule has 0 aliphatic carbocycles. The third-order valence-corrected chi connectivity index (χ3v) is 5.17. The second-order valence-electron chi connectivity index (χ2n) is 8.05. The lowest BCUT2D eigenvalue weighted by Crippen LogP contribution is -2.58. The van der Waals surface area contributed by atoms with Crippen LogP contribution in [0.1, 0.15) is 39.3 Å². The Bertz CT molecular complexity index is 748. The van der Waals surface area contributed by atoms with Gasteiger partial charge in [-0.25, -0.2) is 9.78 Å². The van der Waals surface area contributed by atoms with Gasteiger partial charge >= 0.3 is 6.09 Å². The molecule has 0 unspecified atom stereocenters. The normalized spacial score (nSPS) is 19.7. The second kappa shape index (κ2) is 7.53. The number of halogens is 1. The van der Waals surface area contributed by atoms with Crippen LogP contribution in [0.3, 0.4) is 0 Å². The first-order valence-corrected chi connectivity index (χ1v) is 9.52. The molecule has 1 spiro atoms. The highest BCUT2D eigenvalue weighted by Crippen LogP contribution is 2.35. The first kappa shape index (κ1) is 19.7. The number of carbonyl (C=O) groups is 1. The zero-order valence-corrected chi connectivity index (χ0v) is 16.8. The van der Waals surface area contributed by atoms with E-state index in [1.54, 1.807) is 17.2 Å². The zero-order valence-electron chi connectivity index (χ0n) is 16.0. The van der Waals surface area contributed by atoms with Crippen molar-refractivity contribution < 1.29 is 14.3 Å². The standard InChI is InChI=1S/C19H25ClN4O3/c1-18(2,3)27-17(25)23-6-4-19(5-7-23)13-24(8-9-26-19)16-12-22-14(11-21)10-15(16)20/h10,12H,4-9,13H2,1-3H3. The van der Waals surface area contributed by atoms with Crippen LogP contribution in [0.15, 0.2) is 12.3 Å². The summed E-state index contributed by atoms with van der Waals surface area (Å²) in [7, 11) is 0. The van der Waals surface area contributed by atoms with E-state index < -0.39 is 5.60 Å². The zero-order chi connectivity index (χ0) is 19.7. The third kappa shape index (κ3) is 4.63. The van der Waals surface area contributed by atoms with E-state index in [0.717, 1.165) is 18.5 Å². The number of morpholine rings is 1. The van der Waals surface area contributed by atoms with Crippen molar-refractivity contribution in [2.24, 2.45) is 0 Å². The maximum Gasteiger partial charge on any atom is 0.410 e. The summed E-state index contributed by atoms with van der Waals surface area (Å²) in [5.41, 5.74) is 0.308. The fourth-order valence-corrected chi connectivity index (χ4v) is 3.77. The van der Waals surface area contributed by atoms with E-state index in [0.29, 0.717) is 43.5 Å². The van der Waals surface area contributed by atoms with Crippen LogP contribution in [0.25, 0.3) is 0 Å². The number of aromatic nitrogens is 1. The minimum atomic E-state index is -0.496. The number of hydrogen-bond acceptors (Lipinski definition) is 6. The molecule has 1 aromatic heterocycles. The van der Waals surface area contributed by atoms with Gasteiger partial charge in [-0.1, -0.05) is 11.6 Å². The highest BCUT2D eigenvalue weighted by Gasteiger charge is 2.41. The minimum Gasteiger partial charge on any atom is -0.444 e. The average molecular weight is 393 g/mol. The molecule has 2 saturated heterocycles. The average Bonchev–Trinajstić information content (AvgIpc) is 2.60. The molecule has 0 bridgehead atoms. The van der Waals surface area contributed by atoms with Gasteiger partial charge in [-0.3, -0.25) is 0 Å². The van der Waals surface area contributed by atoms with Crippen molar-refractivity contribution in [3.8, 4) is 6.07 Å². The van der Waals surface area contributed by atoms with Gasteiger partial charge in [-0.05, 0) is 39.7 Å². The van der Waals surface area contributed by atoms with Crippen molar-refractivity contribution >= 4 is 23.4 Å². The molecule has 0 N–H and O–H groups in total. The predicted octanol–water partition coefficient (Wildman–Crippen LogP) is 3.21. The molecule has 1 amide bonds. The molecule has 7 nitrogen and oxygen atoms in total. The molecule has 0 saturated carbocycles. The van der Waals surface area contributed by atoms with Crippen LogP contribution in [-0.4, -0.2) is 60.0 Å². The molecule has 3 heterocycles. The Labute approximate surface area is 164 Å². The lowest BCUT2D eigenvalue weighted by molar-refractivity contribution is -0.0912. The van der Waals surface area contributed by atoms with E-state index >= 15 is 0 Å². The molecule has 2 aliphatic heterocycles. The number of pyridine rings is 1. The number of carbonyl (C=O) groups excluding carboxylic acids is 1. The second-order valence-corrected chi connectivity index (χ2v) is 8.46. The summed E-state index contributed by atoms with van der Waals surface area (Å²) in [5.74, 6) is 0. The summed E-state index contributed by atoms with van der Waals surface area (Å²) in [6, 6.07) is 3.59. The quantitative estimate of drug-likeness (QED) is 0.730. The molecule has 3 rings (SSSR count). The summed E-state index contributed by atoms with van der Waals surface area (Å²) in [4.78, 5) is 20.3. The predicted molar refractivity (Wildman–Crippen MR) is 102 cm³/mol. The Hall–Kier alpha value is -2.04. The van der Waals surface area contributed by atoms with Crippen LogP contribution in [-0.2, 0) is 9.47 Å². The summed E-state index contributed by atoms with van der Waals surface area (Å²) >= 11 is 6.35. The lowest BCUT2D eigenvalue weighted by atomic mass is 9.89. The summed E-state index contributed by atoms with van der Waals surface area (Å²) in [6.45, 7) is 8.79. The Kier molecular flexibility index (Phi) is 5.50. The van der Waals surface area contributed by atoms with Gasteiger partial charge in [-0.2, -0.15) is 5.26 Å². The van der Waals surface area contributed by atoms with Gasteiger partial charge < -0.3 is 19.3 Å². The first-order chi connectivity index (χ1) is 12.7. The van der Waals surface area contributed by atoms with Gasteiger partial charge in [-0.15, -0.1) is 0 Å². The Balaban J connectivity index is 1.65. The summed E-state index contributed by atoms with van der Waals surface area (Å²) < 4.78 is 11.6. The fourth-order valence-electron chi connectivity index (χ4n) is 3.49. The highest BCUT2D eigenvalue weighted by molar-refractivity contribution is 6.33. The Morgan fingerprint density at radius 1 is 1.37 bits per heavy atom. The number of rotatable bonds is 1. The molecule has 0 atom stereocenters. The number of likely N-dealkylation sites (tertiary alicyclic amines) is 1. The van der Waals surface area contributed by atoms with Crippen LogP contribution in [0.4, 0.5) is 10.5 Å². The maximum absolute atomic E-state index is 12.3. The van der Waals surface area contributed by atoms with Gasteiger partial charge in [0.25, 0.3) is 0 Å². The van der Waals surface area contributed by atoms with Gasteiger partial charge in [0.2, 0.25) is 0 Å². The van der Waals surface area contributed by atoms with Gasteiger partial charge in [0, 0.05) is 26.2 Å². The minimum absolute atomic E-state index is 0.274. The van der Waals surface area contributed by atoms with Gasteiger partial charge in [0.1, 0.15) is 17.4 Å². The van der Waals surface area contributed by atoms with Gasteiger partial charge in [0.05, 0.1) is 29.1 Å². The van der Waals surface area contributed by atoms with Crippen molar-refractivity contribution in [2.45, 2.75) is 44.8 Å². The lowest BCUT2D eigenvalue weighted by Gasteiger charge is -2.47. The summed E-state index contributed by atoms with van der Waals surface area (Å²) in [6.07, 6.45) is 2.86. The number of ether oxygens (including phenoxy) is 2. The van der Waals surface area contributed by atoms with E-state index in [4.69, 9.17) is 26.3 Å². The third-order valence-electron chi connectivity index (χ3n) is 4.86. The van der Waals surface area contributed by atoms with Crippen molar-refractivity contribution in [3.63, 3.8) is 0 Å². The highest BCUT2D eigenvalue weighted by atomic mass is 35.5. The van der Waals surface area contributed by atoms with E-state index in [1.165, 1.54) is 0 Å². The number of piperidine rings is 1. The Morgan fingerprint density at radius 2 is 2.07 bits per heavy atom. The number of nitrogens with zero attached hydrogens (tertiary/aromatic N) is 4. The molecule has 1 aromatic rings. The molecule has 8 heteroatoms. The topological polar surface area (TPSA) is 78.7 Å². The number of hydrogen-bond donors (Lipinski definition) is 0. The van der Waals surface area contributed by atoms with Crippen molar-refractivity contribution in [3.05, 3.63) is 23.0 Å². The molecule has 0 aromatic carbocycles. The van der Waals surface area contributed by atoms with Crippen molar-refractivity contribution in [1.82, 2.24) is 9.88 Å². The van der Waals surface area contributed by atoms with E-state index in [-0.39, 0.29) is 11.7 Å². The molecular formula is C19H25ClN4O3. The molecular weight excluding hydrogens is 368 g/mol. The van der Waals surface area contributed by atoms with Crippen LogP contribution >= 0.6 is 11.6 Å². The Morgan fingerprint density at radius 3 is 2.67 bits per heavy atom. The summed E-state index contributed by atoms with van der Waals surface area (Å²) in [5, 5.41) is 9.47. The van der Waals surface area contributed by atoms with Crippen LogP contribution in [0.5, 0.6) is 0 Å². The van der Waals surface area contributed by atoms with E-state index in [9.17, 15) is 4.79 Å². The smallest absolute Gasteiger partial charge is 0.410 e. The number of nitriles is 1. The molecule has 2 fully saturated rings.